The first-order valence-electron chi connectivity index (χ1n) is 9.21. The lowest BCUT2D eigenvalue weighted by Gasteiger charge is -2.34. The molecule has 1 aromatic carbocycles. The summed E-state index contributed by atoms with van der Waals surface area (Å²) < 4.78 is 0. The van der Waals surface area contributed by atoms with Gasteiger partial charge < -0.3 is 10.4 Å². The van der Waals surface area contributed by atoms with Crippen molar-refractivity contribution < 1.29 is 9.90 Å². The molecule has 2 aromatic rings. The largest absolute Gasteiger partial charge is 0.395 e. The van der Waals surface area contributed by atoms with Gasteiger partial charge in [0.1, 0.15) is 0 Å². The van der Waals surface area contributed by atoms with Crippen LogP contribution >= 0.6 is 0 Å². The topological polar surface area (TPSA) is 78.4 Å². The maximum atomic E-state index is 12.4. The molecule has 1 aliphatic heterocycles. The van der Waals surface area contributed by atoms with Crippen LogP contribution in [0.1, 0.15) is 35.3 Å². The van der Waals surface area contributed by atoms with E-state index < -0.39 is 0 Å². The number of aliphatic hydroxyl groups is 1. The van der Waals surface area contributed by atoms with E-state index in [1.807, 2.05) is 37.3 Å². The van der Waals surface area contributed by atoms with Crippen LogP contribution in [0.25, 0.3) is 11.4 Å². The standard InChI is InChI=1S/C20H26N4O2/c1-15-18(13-22-19(23-15)16-7-3-2-4-8-16)20(26)21-10-12-24-11-6-5-9-17(24)14-25/h2-4,7-8,13,17,25H,5-6,9-12,14H2,1H3,(H,21,26)/t17-/m0/s1. The van der Waals surface area contributed by atoms with Crippen LogP contribution in [0.5, 0.6) is 0 Å². The molecule has 1 aliphatic rings. The van der Waals surface area contributed by atoms with Gasteiger partial charge >= 0.3 is 0 Å². The number of hydrogen-bond donors (Lipinski definition) is 2. The summed E-state index contributed by atoms with van der Waals surface area (Å²) in [7, 11) is 0. The van der Waals surface area contributed by atoms with E-state index in [1.54, 1.807) is 6.20 Å². The van der Waals surface area contributed by atoms with E-state index >= 15 is 0 Å². The lowest BCUT2D eigenvalue weighted by Crippen LogP contribution is -2.45. The van der Waals surface area contributed by atoms with Crippen molar-refractivity contribution in [2.75, 3.05) is 26.2 Å². The minimum Gasteiger partial charge on any atom is -0.395 e. The molecule has 6 nitrogen and oxygen atoms in total. The Morgan fingerprint density at radius 1 is 1.31 bits per heavy atom. The molecule has 1 aromatic heterocycles. The molecule has 0 bridgehead atoms. The number of piperidine rings is 1. The van der Waals surface area contributed by atoms with Crippen LogP contribution in [-0.2, 0) is 0 Å². The summed E-state index contributed by atoms with van der Waals surface area (Å²) in [5.74, 6) is 0.471. The van der Waals surface area contributed by atoms with Crippen molar-refractivity contribution in [3.8, 4) is 11.4 Å². The lowest BCUT2D eigenvalue weighted by molar-refractivity contribution is 0.0848. The van der Waals surface area contributed by atoms with Gasteiger partial charge in [0.2, 0.25) is 0 Å². The number of aryl methyl sites for hydroxylation is 1. The van der Waals surface area contributed by atoms with Crippen LogP contribution in [0.15, 0.2) is 36.5 Å². The summed E-state index contributed by atoms with van der Waals surface area (Å²) in [6.07, 6.45) is 4.94. The molecule has 3 rings (SSSR count). The number of amides is 1. The summed E-state index contributed by atoms with van der Waals surface area (Å²) in [5.41, 5.74) is 2.10. The van der Waals surface area contributed by atoms with Gasteiger partial charge in [-0.15, -0.1) is 0 Å². The second-order valence-electron chi connectivity index (χ2n) is 6.68. The van der Waals surface area contributed by atoms with Gasteiger partial charge in [-0.05, 0) is 26.3 Å². The van der Waals surface area contributed by atoms with Gasteiger partial charge in [0.15, 0.2) is 5.82 Å². The normalized spacial score (nSPS) is 17.8. The van der Waals surface area contributed by atoms with Crippen LogP contribution in [0.3, 0.4) is 0 Å². The number of nitrogens with one attached hydrogen (secondary N) is 1. The smallest absolute Gasteiger partial charge is 0.254 e. The molecule has 2 N–H and O–H groups in total. The third-order valence-electron chi connectivity index (χ3n) is 4.90. The Kier molecular flexibility index (Phi) is 6.30. The van der Waals surface area contributed by atoms with Crippen molar-refractivity contribution in [1.29, 1.82) is 0 Å². The number of carbonyl (C=O) groups excluding carboxylic acids is 1. The fraction of sp³-hybridized carbons (Fsp3) is 0.450. The average Bonchev–Trinajstić information content (AvgIpc) is 2.69. The maximum absolute atomic E-state index is 12.4. The zero-order valence-electron chi connectivity index (χ0n) is 15.2. The summed E-state index contributed by atoms with van der Waals surface area (Å²) in [6.45, 7) is 4.29. The number of likely N-dealkylation sites (tertiary alicyclic amines) is 1. The average molecular weight is 354 g/mol. The van der Waals surface area contributed by atoms with E-state index in [0.717, 1.165) is 31.5 Å². The third-order valence-corrected chi connectivity index (χ3v) is 4.90. The molecule has 138 valence electrons. The summed E-state index contributed by atoms with van der Waals surface area (Å²) in [4.78, 5) is 23.5. The number of hydrogen-bond acceptors (Lipinski definition) is 5. The fourth-order valence-corrected chi connectivity index (χ4v) is 3.39. The van der Waals surface area contributed by atoms with Gasteiger partial charge in [0.05, 0.1) is 17.9 Å². The molecule has 0 spiro atoms. The molecule has 6 heteroatoms. The van der Waals surface area contributed by atoms with Crippen molar-refractivity contribution in [3.63, 3.8) is 0 Å². The van der Waals surface area contributed by atoms with Crippen LogP contribution in [0.2, 0.25) is 0 Å². The van der Waals surface area contributed by atoms with Gasteiger partial charge in [-0.25, -0.2) is 9.97 Å². The Balaban J connectivity index is 1.58. The monoisotopic (exact) mass is 354 g/mol. The highest BCUT2D eigenvalue weighted by molar-refractivity contribution is 5.95. The second-order valence-corrected chi connectivity index (χ2v) is 6.68. The predicted molar refractivity (Wildman–Crippen MR) is 101 cm³/mol. The van der Waals surface area contributed by atoms with Gasteiger partial charge in [0.25, 0.3) is 5.91 Å². The molecule has 0 radical (unpaired) electrons. The summed E-state index contributed by atoms with van der Waals surface area (Å²) in [6, 6.07) is 9.94. The third kappa shape index (κ3) is 4.45. The minimum atomic E-state index is -0.153. The molecule has 0 unspecified atom stereocenters. The first-order chi connectivity index (χ1) is 12.7. The Morgan fingerprint density at radius 2 is 2.12 bits per heavy atom. The zero-order valence-corrected chi connectivity index (χ0v) is 15.2. The van der Waals surface area contributed by atoms with E-state index in [4.69, 9.17) is 0 Å². The van der Waals surface area contributed by atoms with Crippen LogP contribution < -0.4 is 5.32 Å². The molecule has 1 fully saturated rings. The highest BCUT2D eigenvalue weighted by Crippen LogP contribution is 2.17. The molecule has 2 heterocycles. The van der Waals surface area contributed by atoms with E-state index in [-0.39, 0.29) is 18.6 Å². The van der Waals surface area contributed by atoms with Gasteiger partial charge in [-0.2, -0.15) is 0 Å². The number of nitrogens with zero attached hydrogens (tertiary/aromatic N) is 3. The Labute approximate surface area is 154 Å². The predicted octanol–water partition coefficient (Wildman–Crippen LogP) is 2.03. The van der Waals surface area contributed by atoms with Crippen LogP contribution in [-0.4, -0.2) is 58.2 Å². The Bertz CT molecular complexity index is 736. The quantitative estimate of drug-likeness (QED) is 0.830. The lowest BCUT2D eigenvalue weighted by atomic mass is 10.0. The first-order valence-corrected chi connectivity index (χ1v) is 9.21. The second kappa shape index (κ2) is 8.87. The van der Waals surface area contributed by atoms with E-state index in [9.17, 15) is 9.90 Å². The molecular weight excluding hydrogens is 328 g/mol. The molecule has 0 saturated carbocycles. The molecule has 1 atom stereocenters. The van der Waals surface area contributed by atoms with Crippen molar-refractivity contribution in [2.45, 2.75) is 32.2 Å². The van der Waals surface area contributed by atoms with Crippen molar-refractivity contribution in [1.82, 2.24) is 20.2 Å². The van der Waals surface area contributed by atoms with E-state index in [0.29, 0.717) is 23.6 Å². The zero-order chi connectivity index (χ0) is 18.4. The molecular formula is C20H26N4O2. The van der Waals surface area contributed by atoms with E-state index in [2.05, 4.69) is 20.2 Å². The Hall–Kier alpha value is -2.31. The number of carbonyl (C=O) groups is 1. The van der Waals surface area contributed by atoms with Crippen LogP contribution in [0.4, 0.5) is 0 Å². The fourth-order valence-electron chi connectivity index (χ4n) is 3.39. The van der Waals surface area contributed by atoms with Crippen molar-refractivity contribution >= 4 is 5.91 Å². The first kappa shape index (κ1) is 18.5. The van der Waals surface area contributed by atoms with Gasteiger partial charge in [0, 0.05) is 30.9 Å². The molecule has 26 heavy (non-hydrogen) atoms. The highest BCUT2D eigenvalue weighted by Gasteiger charge is 2.21. The Morgan fingerprint density at radius 3 is 2.85 bits per heavy atom. The van der Waals surface area contributed by atoms with Crippen molar-refractivity contribution in [3.05, 3.63) is 47.8 Å². The van der Waals surface area contributed by atoms with E-state index in [1.165, 1.54) is 6.42 Å². The summed E-state index contributed by atoms with van der Waals surface area (Å²) in [5, 5.41) is 12.4. The maximum Gasteiger partial charge on any atom is 0.254 e. The van der Waals surface area contributed by atoms with Crippen molar-refractivity contribution in [2.24, 2.45) is 0 Å². The highest BCUT2D eigenvalue weighted by atomic mass is 16.3. The minimum absolute atomic E-state index is 0.153. The number of rotatable bonds is 6. The summed E-state index contributed by atoms with van der Waals surface area (Å²) >= 11 is 0. The number of benzene rings is 1. The van der Waals surface area contributed by atoms with Gasteiger partial charge in [-0.3, -0.25) is 9.69 Å². The number of aliphatic hydroxyl groups excluding tert-OH is 1. The van der Waals surface area contributed by atoms with Crippen LogP contribution in [0, 0.1) is 6.92 Å². The SMILES string of the molecule is Cc1nc(-c2ccccc2)ncc1C(=O)NCCN1CCCC[C@H]1CO. The molecule has 1 amide bonds. The van der Waals surface area contributed by atoms with Gasteiger partial charge in [-0.1, -0.05) is 36.8 Å². The molecule has 0 aliphatic carbocycles. The molecule has 1 saturated heterocycles. The number of aromatic nitrogens is 2.